The number of aryl methyl sites for hydroxylation is 1. The van der Waals surface area contributed by atoms with E-state index in [0.29, 0.717) is 0 Å². The van der Waals surface area contributed by atoms with Crippen molar-refractivity contribution in [2.24, 2.45) is 0 Å². The molecule has 0 aromatic heterocycles. The Hall–Kier alpha value is -3.00. The van der Waals surface area contributed by atoms with Crippen LogP contribution in [0.5, 0.6) is 23.0 Å². The Labute approximate surface area is 140 Å². The van der Waals surface area contributed by atoms with E-state index in [0.717, 1.165) is 40.2 Å². The van der Waals surface area contributed by atoms with Gasteiger partial charge in [-0.3, -0.25) is 0 Å². The average Bonchev–Trinajstić information content (AvgIpc) is 2.66. The quantitative estimate of drug-likeness (QED) is 0.331. The Morgan fingerprint density at radius 1 is 0.625 bits per heavy atom. The lowest BCUT2D eigenvalue weighted by molar-refractivity contribution is 0.366. The van der Waals surface area contributed by atoms with E-state index in [1.54, 1.807) is 0 Å². The molecule has 0 atom stereocenters. The fraction of sp³-hybridized carbons (Fsp3) is 0.0909. The fourth-order valence-corrected chi connectivity index (χ4v) is 3.44. The molecule has 0 spiro atoms. The minimum Gasteiger partial charge on any atom is -0.449 e. The van der Waals surface area contributed by atoms with Crippen LogP contribution in [-0.4, -0.2) is 0 Å². The summed E-state index contributed by atoms with van der Waals surface area (Å²) in [6.45, 7) is 2.14. The molecule has 0 aliphatic carbocycles. The van der Waals surface area contributed by atoms with Crippen molar-refractivity contribution >= 4 is 21.5 Å². The van der Waals surface area contributed by atoms with Crippen LogP contribution < -0.4 is 9.47 Å². The number of hydrogen-bond acceptors (Lipinski definition) is 2. The van der Waals surface area contributed by atoms with Gasteiger partial charge in [0.05, 0.1) is 0 Å². The molecule has 0 saturated carbocycles. The van der Waals surface area contributed by atoms with Gasteiger partial charge in [-0.2, -0.15) is 0 Å². The molecule has 116 valence electrons. The van der Waals surface area contributed by atoms with E-state index in [2.05, 4.69) is 55.5 Å². The van der Waals surface area contributed by atoms with Gasteiger partial charge in [-0.1, -0.05) is 61.5 Å². The van der Waals surface area contributed by atoms with E-state index in [9.17, 15) is 0 Å². The second-order valence-corrected chi connectivity index (χ2v) is 6.09. The second-order valence-electron chi connectivity index (χ2n) is 6.09. The van der Waals surface area contributed by atoms with Crippen molar-refractivity contribution < 1.29 is 9.47 Å². The first-order valence-electron chi connectivity index (χ1n) is 8.27. The van der Waals surface area contributed by atoms with Crippen LogP contribution in [0.25, 0.3) is 21.5 Å². The second kappa shape index (κ2) is 5.00. The van der Waals surface area contributed by atoms with Gasteiger partial charge in [0.15, 0.2) is 23.0 Å². The number of benzene rings is 4. The Kier molecular flexibility index (Phi) is 2.80. The normalized spacial score (nSPS) is 12.4. The van der Waals surface area contributed by atoms with Crippen LogP contribution in [0.15, 0.2) is 66.7 Å². The molecule has 1 heterocycles. The van der Waals surface area contributed by atoms with Gasteiger partial charge >= 0.3 is 0 Å². The molecule has 0 N–H and O–H groups in total. The van der Waals surface area contributed by atoms with Gasteiger partial charge in [0.25, 0.3) is 0 Å². The molecular formula is C22H16O2. The number of rotatable bonds is 1. The molecule has 0 amide bonds. The molecular weight excluding hydrogens is 296 g/mol. The maximum absolute atomic E-state index is 6.32. The Bertz CT molecular complexity index is 1100. The highest BCUT2D eigenvalue weighted by atomic mass is 16.6. The zero-order valence-electron chi connectivity index (χ0n) is 13.4. The van der Waals surface area contributed by atoms with Gasteiger partial charge < -0.3 is 9.47 Å². The third-order valence-electron chi connectivity index (χ3n) is 4.68. The molecule has 1 aliphatic rings. The molecule has 0 radical (unpaired) electrons. The number of hydrogen-bond donors (Lipinski definition) is 0. The standard InChI is InChI=1S/C22H16O2/c1-2-14-11-12-19-20(13-14)24-22-18-10-6-4-8-16(18)15-7-3-5-9-17(15)21(22)23-19/h3-13H,2H2,1H3. The van der Waals surface area contributed by atoms with Gasteiger partial charge in [0.2, 0.25) is 0 Å². The molecule has 4 aromatic carbocycles. The fourth-order valence-electron chi connectivity index (χ4n) is 3.44. The van der Waals surface area contributed by atoms with Crippen LogP contribution in [0.3, 0.4) is 0 Å². The first-order chi connectivity index (χ1) is 11.8. The summed E-state index contributed by atoms with van der Waals surface area (Å²) in [6.07, 6.45) is 0.974. The third-order valence-corrected chi connectivity index (χ3v) is 4.68. The zero-order valence-corrected chi connectivity index (χ0v) is 13.4. The van der Waals surface area contributed by atoms with Crippen molar-refractivity contribution in [3.05, 3.63) is 72.3 Å². The SMILES string of the molecule is CCc1ccc2c(c1)Oc1c(c3ccccc3c3ccccc13)O2. The first-order valence-corrected chi connectivity index (χ1v) is 8.27. The molecule has 1 aliphatic heterocycles. The van der Waals surface area contributed by atoms with Crippen LogP contribution >= 0.6 is 0 Å². The maximum atomic E-state index is 6.32. The van der Waals surface area contributed by atoms with Crippen LogP contribution in [0.1, 0.15) is 12.5 Å². The van der Waals surface area contributed by atoms with Gasteiger partial charge in [0, 0.05) is 10.8 Å². The summed E-state index contributed by atoms with van der Waals surface area (Å²) < 4.78 is 12.6. The van der Waals surface area contributed by atoms with Gasteiger partial charge in [-0.15, -0.1) is 0 Å². The summed E-state index contributed by atoms with van der Waals surface area (Å²) in [5.41, 5.74) is 1.24. The van der Waals surface area contributed by atoms with E-state index in [4.69, 9.17) is 9.47 Å². The van der Waals surface area contributed by atoms with Crippen LogP contribution in [-0.2, 0) is 6.42 Å². The smallest absolute Gasteiger partial charge is 0.178 e. The number of ether oxygens (including phenoxy) is 2. The van der Waals surface area contributed by atoms with E-state index < -0.39 is 0 Å². The predicted molar refractivity (Wildman–Crippen MR) is 97.4 cm³/mol. The summed E-state index contributed by atoms with van der Waals surface area (Å²) in [5.74, 6) is 3.19. The zero-order chi connectivity index (χ0) is 16.1. The van der Waals surface area contributed by atoms with Gasteiger partial charge in [-0.25, -0.2) is 0 Å². The highest BCUT2D eigenvalue weighted by Gasteiger charge is 2.24. The van der Waals surface area contributed by atoms with Crippen molar-refractivity contribution in [2.75, 3.05) is 0 Å². The van der Waals surface area contributed by atoms with Crippen molar-refractivity contribution in [2.45, 2.75) is 13.3 Å². The third kappa shape index (κ3) is 1.83. The lowest BCUT2D eigenvalue weighted by atomic mass is 9.99. The lowest BCUT2D eigenvalue weighted by Gasteiger charge is -2.24. The molecule has 0 fully saturated rings. The van der Waals surface area contributed by atoms with E-state index in [-0.39, 0.29) is 0 Å². The monoisotopic (exact) mass is 312 g/mol. The molecule has 0 unspecified atom stereocenters. The summed E-state index contributed by atoms with van der Waals surface area (Å²) >= 11 is 0. The topological polar surface area (TPSA) is 18.5 Å². The average molecular weight is 312 g/mol. The minimum absolute atomic E-state index is 0.778. The highest BCUT2D eigenvalue weighted by Crippen LogP contribution is 2.52. The molecule has 24 heavy (non-hydrogen) atoms. The summed E-state index contributed by atoms with van der Waals surface area (Å²) in [6, 6.07) is 22.8. The maximum Gasteiger partial charge on any atom is 0.178 e. The van der Waals surface area contributed by atoms with Crippen molar-refractivity contribution in [1.29, 1.82) is 0 Å². The molecule has 2 heteroatoms. The molecule has 0 saturated heterocycles. The van der Waals surface area contributed by atoms with Crippen molar-refractivity contribution in [3.63, 3.8) is 0 Å². The van der Waals surface area contributed by atoms with Gasteiger partial charge in [0.1, 0.15) is 0 Å². The first kappa shape index (κ1) is 13.4. The van der Waals surface area contributed by atoms with Gasteiger partial charge in [-0.05, 0) is 34.9 Å². The molecule has 4 aromatic rings. The number of fused-ring (bicyclic) bond motifs is 7. The van der Waals surface area contributed by atoms with Crippen LogP contribution in [0.2, 0.25) is 0 Å². The molecule has 0 bridgehead atoms. The van der Waals surface area contributed by atoms with E-state index >= 15 is 0 Å². The lowest BCUT2D eigenvalue weighted by Crippen LogP contribution is -2.01. The van der Waals surface area contributed by atoms with Crippen LogP contribution in [0, 0.1) is 0 Å². The Balaban J connectivity index is 1.85. The van der Waals surface area contributed by atoms with Crippen molar-refractivity contribution in [1.82, 2.24) is 0 Å². The van der Waals surface area contributed by atoms with E-state index in [1.807, 2.05) is 18.2 Å². The summed E-state index contributed by atoms with van der Waals surface area (Å²) in [5, 5.41) is 4.53. The Morgan fingerprint density at radius 2 is 1.17 bits per heavy atom. The summed E-state index contributed by atoms with van der Waals surface area (Å²) in [4.78, 5) is 0. The molecule has 2 nitrogen and oxygen atoms in total. The van der Waals surface area contributed by atoms with E-state index in [1.165, 1.54) is 16.3 Å². The van der Waals surface area contributed by atoms with Crippen molar-refractivity contribution in [3.8, 4) is 23.0 Å². The van der Waals surface area contributed by atoms with Crippen LogP contribution in [0.4, 0.5) is 0 Å². The minimum atomic E-state index is 0.778. The highest BCUT2D eigenvalue weighted by molar-refractivity contribution is 6.14. The Morgan fingerprint density at radius 3 is 1.75 bits per heavy atom. The largest absolute Gasteiger partial charge is 0.449 e. The molecule has 5 rings (SSSR count). The predicted octanol–water partition coefficient (Wildman–Crippen LogP) is 6.45. The summed E-state index contributed by atoms with van der Waals surface area (Å²) in [7, 11) is 0.